The number of alkyl halides is 3. The molecule has 0 atom stereocenters. The van der Waals surface area contributed by atoms with Crippen LogP contribution in [0.3, 0.4) is 0 Å². The van der Waals surface area contributed by atoms with Gasteiger partial charge in [0, 0.05) is 0 Å². The zero-order valence-corrected chi connectivity index (χ0v) is 7.54. The Hall–Kier alpha value is -1.72. The molecule has 15 heavy (non-hydrogen) atoms. The van der Waals surface area contributed by atoms with E-state index in [1.54, 1.807) is 35.6 Å². The van der Waals surface area contributed by atoms with Gasteiger partial charge in [0.05, 0.1) is 0 Å². The molecule has 1 aromatic rings. The van der Waals surface area contributed by atoms with Crippen LogP contribution in [0.1, 0.15) is 0 Å². The highest BCUT2D eigenvalue weighted by molar-refractivity contribution is 5.81. The van der Waals surface area contributed by atoms with Crippen LogP contribution < -0.4 is 10.1 Å². The molecule has 1 N–H and O–H groups in total. The van der Waals surface area contributed by atoms with E-state index in [0.717, 1.165) is 0 Å². The zero-order valence-electron chi connectivity index (χ0n) is 7.54. The molecule has 0 spiro atoms. The summed E-state index contributed by atoms with van der Waals surface area (Å²) in [5.41, 5.74) is 0. The first-order chi connectivity index (χ1) is 7.00. The van der Waals surface area contributed by atoms with Gasteiger partial charge in [0.2, 0.25) is 0 Å². The van der Waals surface area contributed by atoms with Gasteiger partial charge in [-0.1, -0.05) is 18.2 Å². The molecule has 0 bridgehead atoms. The molecule has 0 unspecified atom stereocenters. The highest BCUT2D eigenvalue weighted by Crippen LogP contribution is 2.14. The number of hydrogen-bond acceptors (Lipinski definition) is 2. The van der Waals surface area contributed by atoms with Gasteiger partial charge in [-0.05, 0) is 12.1 Å². The van der Waals surface area contributed by atoms with Crippen LogP contribution in [0.25, 0.3) is 0 Å². The number of nitrogens with one attached hydrogen (secondary N) is 1. The lowest BCUT2D eigenvalue weighted by Gasteiger charge is -2.09. The molecule has 0 saturated carbocycles. The third kappa shape index (κ3) is 3.88. The lowest BCUT2D eigenvalue weighted by molar-refractivity contribution is -0.174. The van der Waals surface area contributed by atoms with Crippen LogP contribution in [-0.4, -0.2) is 18.8 Å². The van der Waals surface area contributed by atoms with Crippen LogP contribution in [0, 0.1) is 0 Å². The number of carbonyl (C=O) groups is 1. The van der Waals surface area contributed by atoms with Gasteiger partial charge in [-0.3, -0.25) is 4.79 Å². The summed E-state index contributed by atoms with van der Waals surface area (Å²) in [6.07, 6.45) is -4.87. The smallest absolute Gasteiger partial charge is 0.471 e. The minimum absolute atomic E-state index is 0.389. The first kappa shape index (κ1) is 11.4. The van der Waals surface area contributed by atoms with Crippen LogP contribution in [0.15, 0.2) is 30.3 Å². The van der Waals surface area contributed by atoms with Gasteiger partial charge >= 0.3 is 12.1 Å². The fraction of sp³-hybridized carbons (Fsp3) is 0.222. The molecule has 3 nitrogen and oxygen atoms in total. The summed E-state index contributed by atoms with van der Waals surface area (Å²) >= 11 is 0. The first-order valence-corrected chi connectivity index (χ1v) is 4.03. The molecular formula is C9H8F3NO2. The number of para-hydroxylation sites is 1. The normalized spacial score (nSPS) is 10.9. The Bertz CT molecular complexity index is 324. The van der Waals surface area contributed by atoms with Crippen molar-refractivity contribution in [2.45, 2.75) is 6.18 Å². The number of carbonyl (C=O) groups excluding carboxylic acids is 1. The van der Waals surface area contributed by atoms with Crippen molar-refractivity contribution in [3.8, 4) is 5.75 Å². The molecule has 0 heterocycles. The van der Waals surface area contributed by atoms with Crippen LogP contribution in [0.4, 0.5) is 13.2 Å². The summed E-state index contributed by atoms with van der Waals surface area (Å²) in [5, 5.41) is 1.58. The van der Waals surface area contributed by atoms with Crippen LogP contribution >= 0.6 is 0 Å². The van der Waals surface area contributed by atoms with E-state index in [1.807, 2.05) is 0 Å². The van der Waals surface area contributed by atoms with Crippen molar-refractivity contribution in [1.29, 1.82) is 0 Å². The quantitative estimate of drug-likeness (QED) is 0.786. The van der Waals surface area contributed by atoms with Crippen molar-refractivity contribution in [1.82, 2.24) is 5.32 Å². The van der Waals surface area contributed by atoms with E-state index in [4.69, 9.17) is 4.74 Å². The summed E-state index contributed by atoms with van der Waals surface area (Å²) in [7, 11) is 0. The number of benzene rings is 1. The molecule has 0 aliphatic carbocycles. The van der Waals surface area contributed by atoms with E-state index in [9.17, 15) is 18.0 Å². The maximum Gasteiger partial charge on any atom is 0.471 e. The molecule has 1 rings (SSSR count). The Morgan fingerprint density at radius 2 is 1.87 bits per heavy atom. The predicted molar refractivity (Wildman–Crippen MR) is 46.1 cm³/mol. The third-order valence-corrected chi connectivity index (χ3v) is 1.47. The highest BCUT2D eigenvalue weighted by Gasteiger charge is 2.38. The first-order valence-electron chi connectivity index (χ1n) is 4.03. The van der Waals surface area contributed by atoms with E-state index >= 15 is 0 Å². The summed E-state index contributed by atoms with van der Waals surface area (Å²) in [6.45, 7) is -0.512. The standard InChI is InChI=1S/C9H8F3NO2/c10-9(11,12)8(14)13-6-15-7-4-2-1-3-5-7/h1-5H,6H2,(H,13,14). The molecule has 0 aliphatic heterocycles. The van der Waals surface area contributed by atoms with E-state index in [1.165, 1.54) is 0 Å². The molecular weight excluding hydrogens is 211 g/mol. The number of hydrogen-bond donors (Lipinski definition) is 1. The minimum Gasteiger partial charge on any atom is -0.473 e. The number of rotatable bonds is 3. The Labute approximate surface area is 83.8 Å². The average Bonchev–Trinajstić information content (AvgIpc) is 2.18. The molecule has 1 amide bonds. The van der Waals surface area contributed by atoms with Crippen molar-refractivity contribution >= 4 is 5.91 Å². The maximum atomic E-state index is 11.7. The van der Waals surface area contributed by atoms with Gasteiger partial charge in [0.15, 0.2) is 6.73 Å². The second kappa shape index (κ2) is 4.68. The molecule has 0 aliphatic rings. The summed E-state index contributed by atoms with van der Waals surface area (Å²) < 4.78 is 40.0. The average molecular weight is 219 g/mol. The topological polar surface area (TPSA) is 38.3 Å². The third-order valence-electron chi connectivity index (χ3n) is 1.47. The fourth-order valence-corrected chi connectivity index (χ4v) is 0.802. The van der Waals surface area contributed by atoms with Gasteiger partial charge in [-0.25, -0.2) is 0 Å². The number of halogens is 3. The van der Waals surface area contributed by atoms with Crippen LogP contribution in [0.5, 0.6) is 5.75 Å². The summed E-state index contributed by atoms with van der Waals surface area (Å²) in [5.74, 6) is -1.63. The van der Waals surface area contributed by atoms with Crippen molar-refractivity contribution in [3.63, 3.8) is 0 Å². The molecule has 0 fully saturated rings. The van der Waals surface area contributed by atoms with Crippen LogP contribution in [0.2, 0.25) is 0 Å². The molecule has 0 aromatic heterocycles. The second-order valence-electron chi connectivity index (χ2n) is 2.61. The number of ether oxygens (including phenoxy) is 1. The van der Waals surface area contributed by atoms with Crippen molar-refractivity contribution in [3.05, 3.63) is 30.3 Å². The summed E-state index contributed by atoms with van der Waals surface area (Å²) in [4.78, 5) is 10.3. The van der Waals surface area contributed by atoms with Gasteiger partial charge in [0.25, 0.3) is 0 Å². The predicted octanol–water partition coefficient (Wildman–Crippen LogP) is 1.70. The molecule has 0 saturated heterocycles. The Balaban J connectivity index is 2.32. The SMILES string of the molecule is O=C(NCOc1ccccc1)C(F)(F)F. The van der Waals surface area contributed by atoms with Crippen molar-refractivity contribution in [2.75, 3.05) is 6.73 Å². The Morgan fingerprint density at radius 3 is 2.40 bits per heavy atom. The Morgan fingerprint density at radius 1 is 1.27 bits per heavy atom. The summed E-state index contributed by atoms with van der Waals surface area (Å²) in [6, 6.07) is 8.21. The highest BCUT2D eigenvalue weighted by atomic mass is 19.4. The van der Waals surface area contributed by atoms with Gasteiger partial charge in [0.1, 0.15) is 5.75 Å². The molecule has 82 valence electrons. The monoisotopic (exact) mass is 219 g/mol. The Kier molecular flexibility index (Phi) is 3.54. The van der Waals surface area contributed by atoms with Crippen molar-refractivity contribution < 1.29 is 22.7 Å². The second-order valence-corrected chi connectivity index (χ2v) is 2.61. The lowest BCUT2D eigenvalue weighted by Crippen LogP contribution is -2.38. The maximum absolute atomic E-state index is 11.7. The van der Waals surface area contributed by atoms with E-state index in [2.05, 4.69) is 0 Å². The molecule has 0 radical (unpaired) electrons. The lowest BCUT2D eigenvalue weighted by atomic mass is 10.3. The van der Waals surface area contributed by atoms with E-state index in [0.29, 0.717) is 5.75 Å². The van der Waals surface area contributed by atoms with E-state index < -0.39 is 18.8 Å². The zero-order chi connectivity index (χ0) is 11.3. The molecule has 1 aromatic carbocycles. The van der Waals surface area contributed by atoms with Gasteiger partial charge in [-0.2, -0.15) is 13.2 Å². The van der Waals surface area contributed by atoms with Crippen molar-refractivity contribution in [2.24, 2.45) is 0 Å². The van der Waals surface area contributed by atoms with Crippen LogP contribution in [-0.2, 0) is 4.79 Å². The van der Waals surface area contributed by atoms with Gasteiger partial charge in [-0.15, -0.1) is 0 Å². The number of amides is 1. The molecule has 6 heteroatoms. The fourth-order valence-electron chi connectivity index (χ4n) is 0.802. The van der Waals surface area contributed by atoms with Gasteiger partial charge < -0.3 is 10.1 Å². The largest absolute Gasteiger partial charge is 0.473 e. The van der Waals surface area contributed by atoms with E-state index in [-0.39, 0.29) is 0 Å². The minimum atomic E-state index is -4.87.